The van der Waals surface area contributed by atoms with E-state index < -0.39 is 0 Å². The molecule has 3 aromatic carbocycles. The Balaban J connectivity index is 2.10. The maximum atomic E-state index is 4.71. The van der Waals surface area contributed by atoms with Gasteiger partial charge in [0.2, 0.25) is 0 Å². The number of hydrogen-bond acceptors (Lipinski definition) is 1. The van der Waals surface area contributed by atoms with Crippen LogP contribution in [0.1, 0.15) is 50.7 Å². The van der Waals surface area contributed by atoms with Gasteiger partial charge in [0.1, 0.15) is 5.82 Å². The minimum Gasteiger partial charge on any atom is -0.299 e. The zero-order valence-electron chi connectivity index (χ0n) is 16.5. The van der Waals surface area contributed by atoms with Crippen molar-refractivity contribution in [1.82, 2.24) is 9.55 Å². The first kappa shape index (κ1) is 17.5. The number of fused-ring (bicyclic) bond motifs is 1. The number of aromatic nitrogens is 2. The normalized spacial score (nSPS) is 11.6. The van der Waals surface area contributed by atoms with Crippen LogP contribution in [0.3, 0.4) is 0 Å². The summed E-state index contributed by atoms with van der Waals surface area (Å²) in [6, 6.07) is 21.5. The van der Waals surface area contributed by atoms with E-state index in [1.807, 2.05) is 12.3 Å². The molecule has 0 aliphatic heterocycles. The maximum absolute atomic E-state index is 4.71. The smallest absolute Gasteiger partial charge is 0.144 e. The standard InChI is InChI=1S/C25H26N2/c1-17(2)22-16-20-12-8-9-13-21(20)23(18(3)4)24(22)27-15-14-26-25(27)19-10-6-5-7-11-19/h5-18H,1-4H3. The van der Waals surface area contributed by atoms with Crippen LogP contribution in [0.15, 0.2) is 73.1 Å². The second-order valence-corrected chi connectivity index (χ2v) is 7.75. The van der Waals surface area contributed by atoms with Crippen molar-refractivity contribution in [2.45, 2.75) is 39.5 Å². The number of hydrogen-bond donors (Lipinski definition) is 0. The van der Waals surface area contributed by atoms with Gasteiger partial charge in [-0.25, -0.2) is 4.98 Å². The maximum Gasteiger partial charge on any atom is 0.144 e. The second-order valence-electron chi connectivity index (χ2n) is 7.75. The van der Waals surface area contributed by atoms with Crippen molar-refractivity contribution in [1.29, 1.82) is 0 Å². The van der Waals surface area contributed by atoms with Gasteiger partial charge in [-0.1, -0.05) is 82.3 Å². The molecule has 1 aromatic heterocycles. The lowest BCUT2D eigenvalue weighted by Gasteiger charge is -2.24. The molecule has 2 heteroatoms. The van der Waals surface area contributed by atoms with E-state index in [9.17, 15) is 0 Å². The van der Waals surface area contributed by atoms with Crippen LogP contribution in [0.4, 0.5) is 0 Å². The van der Waals surface area contributed by atoms with Gasteiger partial charge in [-0.2, -0.15) is 0 Å². The molecule has 1 heterocycles. The van der Waals surface area contributed by atoms with Crippen molar-refractivity contribution >= 4 is 10.8 Å². The third kappa shape index (κ3) is 3.06. The molecule has 0 aliphatic rings. The lowest BCUT2D eigenvalue weighted by molar-refractivity contribution is 0.814. The largest absolute Gasteiger partial charge is 0.299 e. The Labute approximate surface area is 161 Å². The fourth-order valence-corrected chi connectivity index (χ4v) is 3.97. The predicted molar refractivity (Wildman–Crippen MR) is 115 cm³/mol. The molecule has 0 atom stereocenters. The average molecular weight is 354 g/mol. The van der Waals surface area contributed by atoms with Gasteiger partial charge in [0.05, 0.1) is 5.69 Å². The fourth-order valence-electron chi connectivity index (χ4n) is 3.97. The molecule has 136 valence electrons. The van der Waals surface area contributed by atoms with Gasteiger partial charge in [-0.3, -0.25) is 4.57 Å². The molecule has 0 saturated carbocycles. The number of imidazole rings is 1. The molecule has 4 rings (SSSR count). The summed E-state index contributed by atoms with van der Waals surface area (Å²) in [6.07, 6.45) is 4.01. The number of rotatable bonds is 4. The van der Waals surface area contributed by atoms with E-state index in [1.54, 1.807) is 0 Å². The lowest BCUT2D eigenvalue weighted by Crippen LogP contribution is -2.09. The molecule has 0 amide bonds. The molecule has 0 radical (unpaired) electrons. The molecule has 4 aromatic rings. The Kier molecular flexibility index (Phi) is 4.57. The molecular weight excluding hydrogens is 328 g/mol. The van der Waals surface area contributed by atoms with Crippen LogP contribution >= 0.6 is 0 Å². The van der Waals surface area contributed by atoms with Crippen molar-refractivity contribution in [2.24, 2.45) is 0 Å². The van der Waals surface area contributed by atoms with Gasteiger partial charge in [0.15, 0.2) is 0 Å². The highest BCUT2D eigenvalue weighted by atomic mass is 15.1. The third-order valence-electron chi connectivity index (χ3n) is 5.20. The topological polar surface area (TPSA) is 17.8 Å². The van der Waals surface area contributed by atoms with Crippen molar-refractivity contribution < 1.29 is 0 Å². The van der Waals surface area contributed by atoms with Crippen LogP contribution in [0, 0.1) is 0 Å². The average Bonchev–Trinajstić information content (AvgIpc) is 3.16. The molecule has 0 unspecified atom stereocenters. The van der Waals surface area contributed by atoms with Gasteiger partial charge >= 0.3 is 0 Å². The van der Waals surface area contributed by atoms with E-state index in [1.165, 1.54) is 27.6 Å². The Morgan fingerprint density at radius 1 is 0.815 bits per heavy atom. The molecular formula is C25H26N2. The Morgan fingerprint density at radius 3 is 2.22 bits per heavy atom. The molecule has 0 fully saturated rings. The highest BCUT2D eigenvalue weighted by Crippen LogP contribution is 2.38. The first-order valence-electron chi connectivity index (χ1n) is 9.72. The summed E-state index contributed by atoms with van der Waals surface area (Å²) < 4.78 is 2.28. The summed E-state index contributed by atoms with van der Waals surface area (Å²) in [6.45, 7) is 9.12. The number of nitrogens with zero attached hydrogens (tertiary/aromatic N) is 2. The minimum absolute atomic E-state index is 0.412. The van der Waals surface area contributed by atoms with E-state index in [-0.39, 0.29) is 0 Å². The van der Waals surface area contributed by atoms with E-state index in [4.69, 9.17) is 4.98 Å². The van der Waals surface area contributed by atoms with Crippen molar-refractivity contribution in [3.63, 3.8) is 0 Å². The summed E-state index contributed by atoms with van der Waals surface area (Å²) in [4.78, 5) is 4.71. The molecule has 0 N–H and O–H groups in total. The summed E-state index contributed by atoms with van der Waals surface area (Å²) >= 11 is 0. The van der Waals surface area contributed by atoms with E-state index >= 15 is 0 Å². The molecule has 27 heavy (non-hydrogen) atoms. The summed E-state index contributed by atoms with van der Waals surface area (Å²) in [5, 5.41) is 2.65. The molecule has 0 bridgehead atoms. The Morgan fingerprint density at radius 2 is 1.52 bits per heavy atom. The van der Waals surface area contributed by atoms with Gasteiger partial charge in [-0.05, 0) is 39.8 Å². The van der Waals surface area contributed by atoms with Gasteiger partial charge in [-0.15, -0.1) is 0 Å². The van der Waals surface area contributed by atoms with Gasteiger partial charge in [0, 0.05) is 18.0 Å². The minimum atomic E-state index is 0.412. The SMILES string of the molecule is CC(C)c1cc2ccccc2c(C(C)C)c1-n1ccnc1-c1ccccc1. The lowest BCUT2D eigenvalue weighted by atomic mass is 9.87. The molecule has 2 nitrogen and oxygen atoms in total. The van der Waals surface area contributed by atoms with Crippen LogP contribution in [-0.4, -0.2) is 9.55 Å². The predicted octanol–water partition coefficient (Wildman–Crippen LogP) is 6.94. The summed E-state index contributed by atoms with van der Waals surface area (Å²) in [5.74, 6) is 1.83. The second kappa shape index (κ2) is 7.03. The van der Waals surface area contributed by atoms with Gasteiger partial charge in [0.25, 0.3) is 0 Å². The van der Waals surface area contributed by atoms with E-state index in [2.05, 4.69) is 93.1 Å². The Bertz CT molecular complexity index is 1070. The zero-order chi connectivity index (χ0) is 19.0. The zero-order valence-corrected chi connectivity index (χ0v) is 16.5. The third-order valence-corrected chi connectivity index (χ3v) is 5.20. The summed E-state index contributed by atoms with van der Waals surface area (Å²) in [7, 11) is 0. The van der Waals surface area contributed by atoms with Crippen LogP contribution < -0.4 is 0 Å². The first-order valence-corrected chi connectivity index (χ1v) is 9.72. The van der Waals surface area contributed by atoms with Gasteiger partial charge < -0.3 is 0 Å². The molecule has 0 saturated heterocycles. The van der Waals surface area contributed by atoms with Crippen molar-refractivity contribution in [2.75, 3.05) is 0 Å². The molecule has 0 aliphatic carbocycles. The highest BCUT2D eigenvalue weighted by molar-refractivity contribution is 5.91. The van der Waals surface area contributed by atoms with E-state index in [0.29, 0.717) is 11.8 Å². The van der Waals surface area contributed by atoms with Crippen LogP contribution in [-0.2, 0) is 0 Å². The first-order chi connectivity index (χ1) is 13.1. The van der Waals surface area contributed by atoms with E-state index in [0.717, 1.165) is 11.4 Å². The quantitative estimate of drug-likeness (QED) is 0.388. The summed E-state index contributed by atoms with van der Waals surface area (Å²) in [5.41, 5.74) is 5.19. The monoisotopic (exact) mass is 354 g/mol. The van der Waals surface area contributed by atoms with Crippen LogP contribution in [0.5, 0.6) is 0 Å². The fraction of sp³-hybridized carbons (Fsp3) is 0.240. The number of benzene rings is 3. The van der Waals surface area contributed by atoms with Crippen LogP contribution in [0.25, 0.3) is 27.8 Å². The van der Waals surface area contributed by atoms with Crippen LogP contribution in [0.2, 0.25) is 0 Å². The van der Waals surface area contributed by atoms with Crippen molar-refractivity contribution in [3.8, 4) is 17.1 Å². The van der Waals surface area contributed by atoms with Crippen molar-refractivity contribution in [3.05, 3.63) is 84.2 Å². The highest BCUT2D eigenvalue weighted by Gasteiger charge is 2.21. The Hall–Kier alpha value is -2.87. The molecule has 0 spiro atoms.